The Kier molecular flexibility index (Phi) is 10.2. The maximum absolute atomic E-state index is 5.69. The number of nitrogens with zero attached hydrogens (tertiary/aromatic N) is 1. The Balaban J connectivity index is 3.73. The fraction of sp³-hybridized carbons (Fsp3) is 1.00. The van der Waals surface area contributed by atoms with E-state index >= 15 is 0 Å². The van der Waals surface area contributed by atoms with Gasteiger partial charge in [-0.3, -0.25) is 4.31 Å². The van der Waals surface area contributed by atoms with Gasteiger partial charge in [0.05, 0.1) is 0 Å². The molecule has 0 heterocycles. The Bertz CT molecular complexity index is 140. The molecule has 0 bridgehead atoms. The van der Waals surface area contributed by atoms with Gasteiger partial charge in [-0.1, -0.05) is 39.6 Å². The van der Waals surface area contributed by atoms with Gasteiger partial charge in [0.1, 0.15) is 0 Å². The first-order valence-corrected chi connectivity index (χ1v) is 7.47. The van der Waals surface area contributed by atoms with Crippen molar-refractivity contribution in [1.82, 2.24) is 4.31 Å². The predicted octanol–water partition coefficient (Wildman–Crippen LogP) is 4.27. The monoisotopic (exact) mass is 251 g/mol. The van der Waals surface area contributed by atoms with E-state index < -0.39 is 0 Å². The van der Waals surface area contributed by atoms with Crippen molar-refractivity contribution in [2.75, 3.05) is 24.7 Å². The van der Waals surface area contributed by atoms with Gasteiger partial charge >= 0.3 is 0 Å². The molecule has 0 aromatic rings. The van der Waals surface area contributed by atoms with Gasteiger partial charge in [-0.15, -0.1) is 11.6 Å². The minimum atomic E-state index is 0.751. The highest BCUT2D eigenvalue weighted by atomic mass is 35.5. The lowest BCUT2D eigenvalue weighted by molar-refractivity contribution is 0.377. The summed E-state index contributed by atoms with van der Waals surface area (Å²) in [6, 6.07) is 0. The highest BCUT2D eigenvalue weighted by Crippen LogP contribution is 2.16. The van der Waals surface area contributed by atoms with Gasteiger partial charge in [0.15, 0.2) is 0 Å². The van der Waals surface area contributed by atoms with Gasteiger partial charge < -0.3 is 0 Å². The van der Waals surface area contributed by atoms with Gasteiger partial charge in [-0.05, 0) is 24.7 Å². The van der Waals surface area contributed by atoms with E-state index in [9.17, 15) is 0 Å². The topological polar surface area (TPSA) is 3.24 Å². The summed E-state index contributed by atoms with van der Waals surface area (Å²) >= 11 is 7.65. The third-order valence-electron chi connectivity index (χ3n) is 2.08. The third kappa shape index (κ3) is 10.9. The van der Waals surface area contributed by atoms with Crippen LogP contribution < -0.4 is 0 Å². The van der Waals surface area contributed by atoms with Gasteiger partial charge in [0, 0.05) is 24.7 Å². The van der Waals surface area contributed by atoms with Crippen LogP contribution in [0.15, 0.2) is 0 Å². The number of alkyl halides is 1. The predicted molar refractivity (Wildman–Crippen MR) is 73.7 cm³/mol. The van der Waals surface area contributed by atoms with E-state index in [1.54, 1.807) is 0 Å². The molecule has 92 valence electrons. The Morgan fingerprint density at radius 2 is 1.80 bits per heavy atom. The van der Waals surface area contributed by atoms with Crippen LogP contribution >= 0.6 is 23.5 Å². The van der Waals surface area contributed by atoms with Crippen LogP contribution in [-0.4, -0.2) is 29.0 Å². The summed E-state index contributed by atoms with van der Waals surface area (Å²) in [5.41, 5.74) is 0. The summed E-state index contributed by atoms with van der Waals surface area (Å²) < 4.78 is 2.51. The van der Waals surface area contributed by atoms with Crippen molar-refractivity contribution in [1.29, 1.82) is 0 Å². The summed E-state index contributed by atoms with van der Waals surface area (Å²) in [5.74, 6) is 3.50. The smallest absolute Gasteiger partial charge is 0.0231 e. The largest absolute Gasteiger partial charge is 0.250 e. The molecule has 0 unspecified atom stereocenters. The average molecular weight is 252 g/mol. The zero-order chi connectivity index (χ0) is 11.7. The van der Waals surface area contributed by atoms with E-state index in [2.05, 4.69) is 32.0 Å². The minimum absolute atomic E-state index is 0.751. The minimum Gasteiger partial charge on any atom is -0.250 e. The Labute approximate surface area is 105 Å². The summed E-state index contributed by atoms with van der Waals surface area (Å²) in [6.07, 6.45) is 2.41. The van der Waals surface area contributed by atoms with E-state index in [-0.39, 0.29) is 0 Å². The number of rotatable bonds is 9. The first-order valence-electron chi connectivity index (χ1n) is 6.00. The fourth-order valence-corrected chi connectivity index (χ4v) is 2.73. The molecule has 3 heteroatoms. The standard InChI is InChI=1S/C12H26ClNS/c1-11(2)6-8-14(10-12(3)4)15-9-5-7-13/h11-12H,5-10H2,1-4H3. The van der Waals surface area contributed by atoms with Crippen molar-refractivity contribution in [3.8, 4) is 0 Å². The molecule has 1 nitrogen and oxygen atoms in total. The molecule has 0 spiro atoms. The molecule has 0 fully saturated rings. The Morgan fingerprint density at radius 3 is 2.27 bits per heavy atom. The van der Waals surface area contributed by atoms with E-state index in [1.165, 1.54) is 19.5 Å². The molecule has 0 rings (SSSR count). The lowest BCUT2D eigenvalue weighted by Crippen LogP contribution is -2.23. The highest BCUT2D eigenvalue weighted by Gasteiger charge is 2.08. The van der Waals surface area contributed by atoms with Gasteiger partial charge in [-0.2, -0.15) is 0 Å². The zero-order valence-corrected chi connectivity index (χ0v) is 12.2. The van der Waals surface area contributed by atoms with Crippen LogP contribution in [0.2, 0.25) is 0 Å². The van der Waals surface area contributed by atoms with Crippen molar-refractivity contribution >= 4 is 23.5 Å². The number of halogens is 1. The van der Waals surface area contributed by atoms with Crippen LogP contribution in [0.3, 0.4) is 0 Å². The lowest BCUT2D eigenvalue weighted by atomic mass is 10.1. The van der Waals surface area contributed by atoms with E-state index in [4.69, 9.17) is 11.6 Å². The average Bonchev–Trinajstić information content (AvgIpc) is 2.13. The molecule has 0 aliphatic heterocycles. The molecule has 15 heavy (non-hydrogen) atoms. The fourth-order valence-electron chi connectivity index (χ4n) is 1.27. The van der Waals surface area contributed by atoms with E-state index in [1.807, 2.05) is 11.9 Å². The van der Waals surface area contributed by atoms with Crippen LogP contribution in [0.4, 0.5) is 0 Å². The molecule has 0 amide bonds. The molecular formula is C12H26ClNS. The summed E-state index contributed by atoms with van der Waals surface area (Å²) in [5, 5.41) is 0. The third-order valence-corrected chi connectivity index (χ3v) is 3.51. The molecule has 0 atom stereocenters. The zero-order valence-electron chi connectivity index (χ0n) is 10.6. The number of hydrogen-bond donors (Lipinski definition) is 0. The van der Waals surface area contributed by atoms with Crippen LogP contribution in [0.5, 0.6) is 0 Å². The first kappa shape index (κ1) is 15.6. The van der Waals surface area contributed by atoms with Crippen molar-refractivity contribution in [3.05, 3.63) is 0 Å². The second-order valence-electron chi connectivity index (χ2n) is 4.84. The van der Waals surface area contributed by atoms with Crippen LogP contribution in [0.25, 0.3) is 0 Å². The molecule has 0 radical (unpaired) electrons. The molecular weight excluding hydrogens is 226 g/mol. The van der Waals surface area contributed by atoms with Gasteiger partial charge in [-0.25, -0.2) is 0 Å². The molecule has 0 aromatic carbocycles. The second kappa shape index (κ2) is 9.80. The molecule has 0 aliphatic carbocycles. The van der Waals surface area contributed by atoms with Crippen LogP contribution in [-0.2, 0) is 0 Å². The summed E-state index contributed by atoms with van der Waals surface area (Å²) in [4.78, 5) is 0. The maximum atomic E-state index is 5.69. The quantitative estimate of drug-likeness (QED) is 0.342. The van der Waals surface area contributed by atoms with Gasteiger partial charge in [0.25, 0.3) is 0 Å². The molecule has 0 saturated heterocycles. The molecule has 0 N–H and O–H groups in total. The number of hydrogen-bond acceptors (Lipinski definition) is 2. The van der Waals surface area contributed by atoms with Crippen molar-refractivity contribution in [2.45, 2.75) is 40.5 Å². The van der Waals surface area contributed by atoms with Crippen LogP contribution in [0.1, 0.15) is 40.5 Å². The summed E-state index contributed by atoms with van der Waals surface area (Å²) in [7, 11) is 0. The van der Waals surface area contributed by atoms with E-state index in [0.29, 0.717) is 0 Å². The normalized spacial score (nSPS) is 12.0. The van der Waals surface area contributed by atoms with Crippen molar-refractivity contribution < 1.29 is 0 Å². The Hall–Kier alpha value is 0.600. The molecule has 0 aromatic heterocycles. The second-order valence-corrected chi connectivity index (χ2v) is 6.40. The lowest BCUT2D eigenvalue weighted by Gasteiger charge is -2.23. The molecule has 0 saturated carbocycles. The SMILES string of the molecule is CC(C)CCN(CC(C)C)SCCCCl. The summed E-state index contributed by atoms with van der Waals surface area (Å²) in [6.45, 7) is 11.5. The van der Waals surface area contributed by atoms with Gasteiger partial charge in [0.2, 0.25) is 0 Å². The first-order chi connectivity index (χ1) is 7.06. The highest BCUT2D eigenvalue weighted by molar-refractivity contribution is 7.97. The molecule has 0 aliphatic rings. The van der Waals surface area contributed by atoms with Crippen molar-refractivity contribution in [3.63, 3.8) is 0 Å². The van der Waals surface area contributed by atoms with Crippen molar-refractivity contribution in [2.24, 2.45) is 11.8 Å². The Morgan fingerprint density at radius 1 is 1.13 bits per heavy atom. The van der Waals surface area contributed by atoms with E-state index in [0.717, 1.165) is 29.9 Å². The maximum Gasteiger partial charge on any atom is 0.0231 e. The van der Waals surface area contributed by atoms with Crippen LogP contribution in [0, 0.1) is 11.8 Å².